The first-order chi connectivity index (χ1) is 16.5. The van der Waals surface area contributed by atoms with E-state index in [2.05, 4.69) is 15.4 Å². The quantitative estimate of drug-likeness (QED) is 0.297. The number of halogens is 1. The highest BCUT2D eigenvalue weighted by atomic mass is 35.5. The maximum Gasteiger partial charge on any atom is 0.358 e. The molecule has 172 valence electrons. The van der Waals surface area contributed by atoms with Gasteiger partial charge in [0.2, 0.25) is 0 Å². The third-order valence-electron chi connectivity index (χ3n) is 4.92. The second kappa shape index (κ2) is 10.2. The van der Waals surface area contributed by atoms with E-state index in [4.69, 9.17) is 21.1 Å². The van der Waals surface area contributed by atoms with E-state index in [0.717, 1.165) is 11.3 Å². The summed E-state index contributed by atoms with van der Waals surface area (Å²) in [6, 6.07) is 19.3. The minimum absolute atomic E-state index is 0.175. The molecule has 0 saturated carbocycles. The Morgan fingerprint density at radius 1 is 1.06 bits per heavy atom. The molecule has 2 aromatic carbocycles. The first-order valence-electron chi connectivity index (χ1n) is 10.4. The van der Waals surface area contributed by atoms with Gasteiger partial charge in [0.25, 0.3) is 5.91 Å². The fourth-order valence-corrected chi connectivity index (χ4v) is 3.39. The van der Waals surface area contributed by atoms with Crippen molar-refractivity contribution in [3.8, 4) is 22.7 Å². The molecule has 1 N–H and O–H groups in total. The number of nitrogens with one attached hydrogen (secondary N) is 1. The van der Waals surface area contributed by atoms with E-state index in [1.54, 1.807) is 55.1 Å². The van der Waals surface area contributed by atoms with Crippen LogP contribution in [0.3, 0.4) is 0 Å². The van der Waals surface area contributed by atoms with E-state index < -0.39 is 5.97 Å². The normalized spacial score (nSPS) is 10.6. The van der Waals surface area contributed by atoms with Gasteiger partial charge in [-0.1, -0.05) is 23.7 Å². The first kappa shape index (κ1) is 23.0. The lowest BCUT2D eigenvalue weighted by Crippen LogP contribution is -2.12. The number of ether oxygens (including phenoxy) is 2. The second-order valence-electron chi connectivity index (χ2n) is 7.15. The summed E-state index contributed by atoms with van der Waals surface area (Å²) in [6.07, 6.45) is 1.41. The van der Waals surface area contributed by atoms with E-state index in [-0.39, 0.29) is 18.2 Å². The van der Waals surface area contributed by atoms with Crippen molar-refractivity contribution in [2.75, 3.05) is 19.0 Å². The van der Waals surface area contributed by atoms with Crippen molar-refractivity contribution in [3.63, 3.8) is 0 Å². The van der Waals surface area contributed by atoms with Crippen LogP contribution in [0.5, 0.6) is 5.75 Å². The van der Waals surface area contributed by atoms with Gasteiger partial charge in [0.15, 0.2) is 5.69 Å². The fraction of sp³-hybridized carbons (Fsp3) is 0.120. The van der Waals surface area contributed by atoms with Gasteiger partial charge >= 0.3 is 5.97 Å². The number of esters is 1. The van der Waals surface area contributed by atoms with Crippen LogP contribution in [-0.2, 0) is 4.74 Å². The zero-order chi connectivity index (χ0) is 24.1. The second-order valence-corrected chi connectivity index (χ2v) is 7.54. The molecule has 2 heterocycles. The molecule has 1 amide bonds. The monoisotopic (exact) mass is 476 g/mol. The lowest BCUT2D eigenvalue weighted by molar-refractivity contribution is 0.0519. The molecular formula is C25H21ClN4O4. The zero-order valence-electron chi connectivity index (χ0n) is 18.5. The van der Waals surface area contributed by atoms with Crippen LogP contribution in [0, 0.1) is 0 Å². The Balaban J connectivity index is 1.70. The van der Waals surface area contributed by atoms with E-state index in [1.807, 2.05) is 30.3 Å². The fourth-order valence-electron chi connectivity index (χ4n) is 3.28. The number of carbonyl (C=O) groups is 2. The summed E-state index contributed by atoms with van der Waals surface area (Å²) in [7, 11) is 1.59. The number of aromatic nitrogens is 3. The van der Waals surface area contributed by atoms with Gasteiger partial charge in [0.1, 0.15) is 10.9 Å². The van der Waals surface area contributed by atoms with Crippen LogP contribution in [0.1, 0.15) is 27.8 Å². The van der Waals surface area contributed by atoms with Gasteiger partial charge < -0.3 is 14.8 Å². The smallest absolute Gasteiger partial charge is 0.358 e. The lowest BCUT2D eigenvalue weighted by atomic mass is 10.1. The van der Waals surface area contributed by atoms with Crippen LogP contribution in [0.2, 0.25) is 5.15 Å². The number of nitrogens with zero attached hydrogens (tertiary/aromatic N) is 3. The molecule has 0 atom stereocenters. The Morgan fingerprint density at radius 2 is 1.85 bits per heavy atom. The number of hydrogen-bond acceptors (Lipinski definition) is 6. The number of benzene rings is 2. The zero-order valence-corrected chi connectivity index (χ0v) is 19.2. The molecule has 0 spiro atoms. The van der Waals surface area contributed by atoms with Crippen molar-refractivity contribution in [2.45, 2.75) is 6.92 Å². The number of pyridine rings is 1. The molecule has 0 aliphatic carbocycles. The Hall–Kier alpha value is -4.17. The van der Waals surface area contributed by atoms with Crippen molar-refractivity contribution < 1.29 is 19.1 Å². The van der Waals surface area contributed by atoms with Gasteiger partial charge in [-0.2, -0.15) is 5.10 Å². The Kier molecular flexibility index (Phi) is 6.89. The minimum atomic E-state index is -0.518. The Morgan fingerprint density at radius 3 is 2.53 bits per heavy atom. The van der Waals surface area contributed by atoms with E-state index >= 15 is 0 Å². The number of rotatable bonds is 7. The van der Waals surface area contributed by atoms with Crippen LogP contribution < -0.4 is 10.1 Å². The predicted molar refractivity (Wildman–Crippen MR) is 129 cm³/mol. The third-order valence-corrected chi connectivity index (χ3v) is 5.14. The summed E-state index contributed by atoms with van der Waals surface area (Å²) in [6.45, 7) is 1.98. The summed E-state index contributed by atoms with van der Waals surface area (Å²) in [5, 5.41) is 7.63. The van der Waals surface area contributed by atoms with Gasteiger partial charge in [-0.15, -0.1) is 0 Å². The summed E-state index contributed by atoms with van der Waals surface area (Å²) in [5.74, 6) is -0.141. The molecule has 0 radical (unpaired) electrons. The van der Waals surface area contributed by atoms with Gasteiger partial charge in [-0.3, -0.25) is 4.79 Å². The maximum absolute atomic E-state index is 12.6. The predicted octanol–water partition coefficient (Wildman–Crippen LogP) is 5.03. The molecule has 9 heteroatoms. The van der Waals surface area contributed by atoms with Crippen LogP contribution in [0.15, 0.2) is 72.9 Å². The standard InChI is InChI=1S/C25H21ClN4O4/c1-3-34-25(32)21-14-22(30(29-21)19-8-10-20(33-2)11-9-19)16-5-4-6-18(13-16)28-24(31)17-7-12-23(26)27-15-17/h4-15H,3H2,1-2H3,(H,28,31). The summed E-state index contributed by atoms with van der Waals surface area (Å²) < 4.78 is 12.0. The van der Waals surface area contributed by atoms with Crippen molar-refractivity contribution in [3.05, 3.63) is 89.3 Å². The van der Waals surface area contributed by atoms with Crippen molar-refractivity contribution in [1.82, 2.24) is 14.8 Å². The first-order valence-corrected chi connectivity index (χ1v) is 10.8. The molecule has 0 fully saturated rings. The Labute approximate surface area is 201 Å². The van der Waals surface area contributed by atoms with Crippen LogP contribution >= 0.6 is 11.6 Å². The number of carbonyl (C=O) groups excluding carboxylic acids is 2. The molecule has 0 unspecified atom stereocenters. The van der Waals surface area contributed by atoms with E-state index in [1.165, 1.54) is 6.20 Å². The highest BCUT2D eigenvalue weighted by Gasteiger charge is 2.18. The molecule has 34 heavy (non-hydrogen) atoms. The molecule has 0 aliphatic rings. The number of hydrogen-bond donors (Lipinski definition) is 1. The summed E-state index contributed by atoms with van der Waals surface area (Å²) >= 11 is 5.80. The molecule has 2 aromatic heterocycles. The van der Waals surface area contributed by atoms with E-state index in [0.29, 0.717) is 27.8 Å². The van der Waals surface area contributed by atoms with Gasteiger partial charge in [-0.25, -0.2) is 14.5 Å². The summed E-state index contributed by atoms with van der Waals surface area (Å²) in [5.41, 5.74) is 3.24. The Bertz CT molecular complexity index is 1320. The molecule has 0 bridgehead atoms. The molecule has 4 rings (SSSR count). The lowest BCUT2D eigenvalue weighted by Gasteiger charge is -2.10. The SMILES string of the molecule is CCOC(=O)c1cc(-c2cccc(NC(=O)c3ccc(Cl)nc3)c2)n(-c2ccc(OC)cc2)n1. The van der Waals surface area contributed by atoms with Crippen LogP contribution in [0.25, 0.3) is 16.9 Å². The van der Waals surface area contributed by atoms with Gasteiger partial charge in [0.05, 0.1) is 30.7 Å². The average Bonchev–Trinajstić information content (AvgIpc) is 3.30. The molecule has 8 nitrogen and oxygen atoms in total. The van der Waals surface area contributed by atoms with E-state index in [9.17, 15) is 9.59 Å². The van der Waals surface area contributed by atoms with Crippen molar-refractivity contribution >= 4 is 29.2 Å². The number of methoxy groups -OCH3 is 1. The average molecular weight is 477 g/mol. The molecular weight excluding hydrogens is 456 g/mol. The summed E-state index contributed by atoms with van der Waals surface area (Å²) in [4.78, 5) is 28.9. The highest BCUT2D eigenvalue weighted by molar-refractivity contribution is 6.29. The maximum atomic E-state index is 12.6. The molecule has 0 aliphatic heterocycles. The highest BCUT2D eigenvalue weighted by Crippen LogP contribution is 2.28. The minimum Gasteiger partial charge on any atom is -0.497 e. The number of anilines is 1. The number of amides is 1. The van der Waals surface area contributed by atoms with Crippen LogP contribution in [-0.4, -0.2) is 40.4 Å². The largest absolute Gasteiger partial charge is 0.497 e. The third kappa shape index (κ3) is 5.07. The van der Waals surface area contributed by atoms with Crippen LogP contribution in [0.4, 0.5) is 5.69 Å². The van der Waals surface area contributed by atoms with Crippen molar-refractivity contribution in [2.24, 2.45) is 0 Å². The molecule has 0 saturated heterocycles. The van der Waals surface area contributed by atoms with Gasteiger partial charge in [0, 0.05) is 17.4 Å². The van der Waals surface area contributed by atoms with Crippen molar-refractivity contribution in [1.29, 1.82) is 0 Å². The molecule has 4 aromatic rings. The topological polar surface area (TPSA) is 95.3 Å². The van der Waals surface area contributed by atoms with Gasteiger partial charge in [-0.05, 0) is 61.5 Å².